The van der Waals surface area contributed by atoms with E-state index in [-0.39, 0.29) is 5.92 Å². The van der Waals surface area contributed by atoms with Gasteiger partial charge in [-0.25, -0.2) is 0 Å². The molecule has 0 heterocycles. The molecule has 1 atom stereocenters. The molecule has 0 aromatic heterocycles. The fourth-order valence-corrected chi connectivity index (χ4v) is 1.88. The van der Waals surface area contributed by atoms with Gasteiger partial charge in [-0.1, -0.05) is 74.2 Å². The first-order chi connectivity index (χ1) is 10.2. The SMILES string of the molecule is C=C/C=C\C=C/C(C)/C(=N/N=C)C(=NC)c1ccccc1. The molecule has 0 bridgehead atoms. The average Bonchev–Trinajstić information content (AvgIpc) is 2.52. The van der Waals surface area contributed by atoms with Crippen LogP contribution in [0, 0.1) is 5.92 Å². The van der Waals surface area contributed by atoms with Crippen LogP contribution in [0.25, 0.3) is 0 Å². The molecular weight excluding hydrogens is 258 g/mol. The zero-order chi connectivity index (χ0) is 15.5. The van der Waals surface area contributed by atoms with Crippen molar-refractivity contribution in [2.75, 3.05) is 7.05 Å². The van der Waals surface area contributed by atoms with Crippen molar-refractivity contribution < 1.29 is 0 Å². The van der Waals surface area contributed by atoms with Crippen molar-refractivity contribution in [3.05, 3.63) is 72.9 Å². The van der Waals surface area contributed by atoms with Crippen LogP contribution in [-0.4, -0.2) is 25.2 Å². The molecule has 1 unspecified atom stereocenters. The monoisotopic (exact) mass is 279 g/mol. The lowest BCUT2D eigenvalue weighted by Crippen LogP contribution is -2.22. The molecule has 0 aliphatic carbocycles. The predicted octanol–water partition coefficient (Wildman–Crippen LogP) is 4.10. The minimum Gasteiger partial charge on any atom is -0.286 e. The number of hydrogen-bond donors (Lipinski definition) is 0. The summed E-state index contributed by atoms with van der Waals surface area (Å²) < 4.78 is 0. The number of rotatable bonds is 7. The van der Waals surface area contributed by atoms with Crippen molar-refractivity contribution in [3.8, 4) is 0 Å². The molecule has 1 aromatic rings. The van der Waals surface area contributed by atoms with Gasteiger partial charge in [0.25, 0.3) is 0 Å². The van der Waals surface area contributed by atoms with Gasteiger partial charge in [-0.05, 0) is 0 Å². The predicted molar refractivity (Wildman–Crippen MR) is 93.5 cm³/mol. The molecule has 0 amide bonds. The van der Waals surface area contributed by atoms with E-state index in [9.17, 15) is 0 Å². The number of allylic oxidation sites excluding steroid dienone is 5. The third kappa shape index (κ3) is 5.15. The highest BCUT2D eigenvalue weighted by atomic mass is 15.2. The molecule has 0 spiro atoms. The topological polar surface area (TPSA) is 37.1 Å². The number of aliphatic imine (C=N–C) groups is 1. The molecule has 0 saturated heterocycles. The fourth-order valence-electron chi connectivity index (χ4n) is 1.88. The highest BCUT2D eigenvalue weighted by Gasteiger charge is 2.16. The fraction of sp³-hybridized carbons (Fsp3) is 0.167. The van der Waals surface area contributed by atoms with Crippen LogP contribution in [0.2, 0.25) is 0 Å². The molecule has 0 N–H and O–H groups in total. The lowest BCUT2D eigenvalue weighted by molar-refractivity contribution is 0.992. The molecule has 0 aliphatic heterocycles. The maximum Gasteiger partial charge on any atom is 0.0953 e. The zero-order valence-electron chi connectivity index (χ0n) is 12.6. The molecular formula is C18H21N3. The van der Waals surface area contributed by atoms with Gasteiger partial charge in [-0.15, -0.1) is 0 Å². The Labute approximate surface area is 126 Å². The average molecular weight is 279 g/mol. The minimum absolute atomic E-state index is 0.0730. The Morgan fingerprint density at radius 1 is 1.14 bits per heavy atom. The third-order valence-electron chi connectivity index (χ3n) is 2.88. The smallest absolute Gasteiger partial charge is 0.0953 e. The zero-order valence-corrected chi connectivity index (χ0v) is 12.6. The Morgan fingerprint density at radius 3 is 2.43 bits per heavy atom. The van der Waals surface area contributed by atoms with E-state index in [0.29, 0.717) is 0 Å². The molecule has 3 nitrogen and oxygen atoms in total. The molecule has 0 radical (unpaired) electrons. The van der Waals surface area contributed by atoms with Gasteiger partial charge in [0.2, 0.25) is 0 Å². The number of benzene rings is 1. The van der Waals surface area contributed by atoms with Gasteiger partial charge in [-0.2, -0.15) is 10.2 Å². The van der Waals surface area contributed by atoms with Crippen LogP contribution >= 0.6 is 0 Å². The van der Waals surface area contributed by atoms with Crippen LogP contribution in [0.3, 0.4) is 0 Å². The van der Waals surface area contributed by atoms with Gasteiger partial charge in [0, 0.05) is 25.2 Å². The van der Waals surface area contributed by atoms with E-state index >= 15 is 0 Å². The second-order valence-corrected chi connectivity index (χ2v) is 4.36. The van der Waals surface area contributed by atoms with Crippen molar-refractivity contribution in [1.29, 1.82) is 0 Å². The van der Waals surface area contributed by atoms with Crippen LogP contribution < -0.4 is 0 Å². The van der Waals surface area contributed by atoms with Crippen molar-refractivity contribution >= 4 is 18.1 Å². The quantitative estimate of drug-likeness (QED) is 0.409. The second kappa shape index (κ2) is 9.37. The second-order valence-electron chi connectivity index (χ2n) is 4.36. The Hall–Kier alpha value is -2.55. The number of hydrogen-bond acceptors (Lipinski definition) is 3. The molecule has 0 fully saturated rings. The summed E-state index contributed by atoms with van der Waals surface area (Å²) in [5, 5.41) is 7.86. The summed E-state index contributed by atoms with van der Waals surface area (Å²) in [6.07, 6.45) is 9.53. The lowest BCUT2D eigenvalue weighted by atomic mass is 9.96. The van der Waals surface area contributed by atoms with Gasteiger partial charge >= 0.3 is 0 Å². The lowest BCUT2D eigenvalue weighted by Gasteiger charge is -2.12. The summed E-state index contributed by atoms with van der Waals surface area (Å²) in [5.41, 5.74) is 2.64. The van der Waals surface area contributed by atoms with E-state index in [4.69, 9.17) is 0 Å². The van der Waals surface area contributed by atoms with Crippen LogP contribution in [-0.2, 0) is 0 Å². The molecule has 21 heavy (non-hydrogen) atoms. The van der Waals surface area contributed by atoms with E-state index in [1.807, 2.05) is 54.6 Å². The van der Waals surface area contributed by atoms with Gasteiger partial charge < -0.3 is 0 Å². The van der Waals surface area contributed by atoms with Crippen molar-refractivity contribution in [1.82, 2.24) is 0 Å². The number of nitrogens with zero attached hydrogens (tertiary/aromatic N) is 3. The van der Waals surface area contributed by atoms with E-state index in [1.54, 1.807) is 13.1 Å². The van der Waals surface area contributed by atoms with Gasteiger partial charge in [0.15, 0.2) is 0 Å². The highest BCUT2D eigenvalue weighted by Crippen LogP contribution is 2.11. The summed E-state index contributed by atoms with van der Waals surface area (Å²) in [6.45, 7) is 9.15. The largest absolute Gasteiger partial charge is 0.286 e. The first kappa shape index (κ1) is 16.5. The van der Waals surface area contributed by atoms with Crippen molar-refractivity contribution in [2.24, 2.45) is 21.1 Å². The Balaban J connectivity index is 3.08. The maximum atomic E-state index is 4.37. The molecule has 1 rings (SSSR count). The standard InChI is InChI=1S/C18H21N3/c1-5-6-7-9-12-15(2)17(21-20-4)18(19-3)16-13-10-8-11-14-16/h5-15H,1,4H2,2-3H3/b7-6-,12-9-,19-18?,21-17-. The van der Waals surface area contributed by atoms with E-state index in [1.165, 1.54) is 0 Å². The van der Waals surface area contributed by atoms with E-state index < -0.39 is 0 Å². The van der Waals surface area contributed by atoms with Crippen LogP contribution in [0.5, 0.6) is 0 Å². The van der Waals surface area contributed by atoms with Crippen molar-refractivity contribution in [2.45, 2.75) is 6.92 Å². The van der Waals surface area contributed by atoms with Crippen molar-refractivity contribution in [3.63, 3.8) is 0 Å². The first-order valence-corrected chi connectivity index (χ1v) is 6.76. The Morgan fingerprint density at radius 2 is 1.86 bits per heavy atom. The highest BCUT2D eigenvalue weighted by molar-refractivity contribution is 6.49. The maximum absolute atomic E-state index is 4.37. The van der Waals surface area contributed by atoms with E-state index in [2.05, 4.69) is 35.4 Å². The first-order valence-electron chi connectivity index (χ1n) is 6.76. The molecule has 0 aliphatic rings. The summed E-state index contributed by atoms with van der Waals surface area (Å²) in [5.74, 6) is 0.0730. The van der Waals surface area contributed by atoms with Crippen LogP contribution in [0.15, 0.2) is 82.5 Å². The Bertz CT molecular complexity index is 578. The normalized spacial score (nSPS) is 14.6. The minimum atomic E-state index is 0.0730. The van der Waals surface area contributed by atoms with Gasteiger partial charge in [0.1, 0.15) is 0 Å². The van der Waals surface area contributed by atoms with Crippen LogP contribution in [0.1, 0.15) is 12.5 Å². The van der Waals surface area contributed by atoms with Crippen LogP contribution in [0.4, 0.5) is 0 Å². The molecule has 0 saturated carbocycles. The molecule has 3 heteroatoms. The summed E-state index contributed by atoms with van der Waals surface area (Å²) in [7, 11) is 1.76. The van der Waals surface area contributed by atoms with Gasteiger partial charge in [0.05, 0.1) is 11.4 Å². The van der Waals surface area contributed by atoms with E-state index in [0.717, 1.165) is 17.0 Å². The van der Waals surface area contributed by atoms with Gasteiger partial charge in [-0.3, -0.25) is 4.99 Å². The molecule has 1 aromatic carbocycles. The third-order valence-corrected chi connectivity index (χ3v) is 2.88. The summed E-state index contributed by atoms with van der Waals surface area (Å²) in [6, 6.07) is 9.95. The Kier molecular flexibility index (Phi) is 7.36. The molecule has 108 valence electrons. The summed E-state index contributed by atoms with van der Waals surface area (Å²) in [4.78, 5) is 4.37. The summed E-state index contributed by atoms with van der Waals surface area (Å²) >= 11 is 0.